The van der Waals surface area contributed by atoms with Crippen molar-refractivity contribution in [1.29, 1.82) is 0 Å². The second kappa shape index (κ2) is 9.70. The Morgan fingerprint density at radius 3 is 2.25 bits per heavy atom. The summed E-state index contributed by atoms with van der Waals surface area (Å²) in [6.07, 6.45) is 0. The van der Waals surface area contributed by atoms with Crippen LogP contribution in [0.15, 0.2) is 47.4 Å². The van der Waals surface area contributed by atoms with Crippen LogP contribution in [0.2, 0.25) is 0 Å². The predicted molar refractivity (Wildman–Crippen MR) is 124 cm³/mol. The summed E-state index contributed by atoms with van der Waals surface area (Å²) in [7, 11) is -3.60. The molecule has 1 saturated heterocycles. The number of aryl methyl sites for hydroxylation is 2. The first-order valence-corrected chi connectivity index (χ1v) is 12.1. The van der Waals surface area contributed by atoms with Gasteiger partial charge in [0.1, 0.15) is 0 Å². The first-order chi connectivity index (χ1) is 15.1. The van der Waals surface area contributed by atoms with Gasteiger partial charge in [0.15, 0.2) is 0 Å². The van der Waals surface area contributed by atoms with Crippen LogP contribution in [-0.2, 0) is 10.0 Å². The number of anilines is 1. The minimum atomic E-state index is -3.60. The van der Waals surface area contributed by atoms with Crippen molar-refractivity contribution in [2.75, 3.05) is 31.5 Å². The van der Waals surface area contributed by atoms with Crippen LogP contribution in [0.3, 0.4) is 0 Å². The van der Waals surface area contributed by atoms with Crippen molar-refractivity contribution in [3.63, 3.8) is 0 Å². The van der Waals surface area contributed by atoms with Gasteiger partial charge in [-0.1, -0.05) is 12.1 Å². The van der Waals surface area contributed by atoms with E-state index in [0.29, 0.717) is 24.3 Å². The van der Waals surface area contributed by atoms with Crippen LogP contribution in [-0.4, -0.2) is 61.8 Å². The van der Waals surface area contributed by atoms with Crippen LogP contribution in [0.5, 0.6) is 0 Å². The third kappa shape index (κ3) is 5.46. The highest BCUT2D eigenvalue weighted by molar-refractivity contribution is 7.89. The van der Waals surface area contributed by atoms with Gasteiger partial charge in [-0.05, 0) is 69.2 Å². The van der Waals surface area contributed by atoms with E-state index in [2.05, 4.69) is 10.6 Å². The number of nitrogens with one attached hydrogen (secondary N) is 2. The number of urea groups is 1. The maximum absolute atomic E-state index is 13.0. The molecular weight excluding hydrogens is 428 g/mol. The molecular formula is C23H30N4O4S. The normalized spacial score (nSPS) is 15.0. The van der Waals surface area contributed by atoms with Gasteiger partial charge in [-0.3, -0.25) is 4.79 Å². The van der Waals surface area contributed by atoms with E-state index in [9.17, 15) is 18.0 Å². The Hall–Kier alpha value is -2.91. The van der Waals surface area contributed by atoms with E-state index in [1.807, 2.05) is 33.8 Å². The monoisotopic (exact) mass is 458 g/mol. The third-order valence-corrected chi connectivity index (χ3v) is 7.32. The number of hydrogen-bond donors (Lipinski definition) is 2. The largest absolute Gasteiger partial charge is 0.336 e. The Kier molecular flexibility index (Phi) is 7.20. The lowest BCUT2D eigenvalue weighted by Gasteiger charge is -2.34. The molecule has 0 saturated carbocycles. The summed E-state index contributed by atoms with van der Waals surface area (Å²) < 4.78 is 27.4. The molecule has 0 atom stereocenters. The number of nitrogens with zero attached hydrogens (tertiary/aromatic N) is 2. The van der Waals surface area contributed by atoms with Gasteiger partial charge < -0.3 is 15.5 Å². The predicted octanol–water partition coefficient (Wildman–Crippen LogP) is 2.98. The molecule has 3 rings (SSSR count). The average molecular weight is 459 g/mol. The van der Waals surface area contributed by atoms with E-state index in [1.54, 1.807) is 41.3 Å². The Balaban J connectivity index is 1.65. The minimum Gasteiger partial charge on any atom is -0.336 e. The molecule has 1 aliphatic heterocycles. The minimum absolute atomic E-state index is 0.00351. The van der Waals surface area contributed by atoms with Gasteiger partial charge in [-0.2, -0.15) is 4.31 Å². The van der Waals surface area contributed by atoms with Crippen molar-refractivity contribution < 1.29 is 18.0 Å². The van der Waals surface area contributed by atoms with Gasteiger partial charge in [-0.25, -0.2) is 13.2 Å². The van der Waals surface area contributed by atoms with Crippen LogP contribution >= 0.6 is 0 Å². The van der Waals surface area contributed by atoms with Crippen molar-refractivity contribution in [3.8, 4) is 0 Å². The average Bonchev–Trinajstić information content (AvgIpc) is 2.74. The molecule has 2 aromatic carbocycles. The zero-order chi connectivity index (χ0) is 23.5. The number of rotatable bonds is 5. The number of benzene rings is 2. The lowest BCUT2D eigenvalue weighted by Crippen LogP contribution is -2.50. The van der Waals surface area contributed by atoms with Crippen molar-refractivity contribution >= 4 is 27.6 Å². The topological polar surface area (TPSA) is 98.8 Å². The molecule has 0 radical (unpaired) electrons. The fourth-order valence-electron chi connectivity index (χ4n) is 3.50. The Labute approximate surface area is 189 Å². The van der Waals surface area contributed by atoms with E-state index in [4.69, 9.17) is 0 Å². The molecule has 172 valence electrons. The van der Waals surface area contributed by atoms with E-state index < -0.39 is 10.0 Å². The van der Waals surface area contributed by atoms with Crippen molar-refractivity contribution in [2.45, 2.75) is 38.6 Å². The van der Waals surface area contributed by atoms with E-state index in [0.717, 1.165) is 11.1 Å². The van der Waals surface area contributed by atoms with E-state index in [-0.39, 0.29) is 36.0 Å². The summed E-state index contributed by atoms with van der Waals surface area (Å²) in [5, 5.41) is 5.45. The van der Waals surface area contributed by atoms with Crippen LogP contribution in [0.1, 0.15) is 35.3 Å². The number of hydrogen-bond acceptors (Lipinski definition) is 4. The molecule has 0 spiro atoms. The lowest BCUT2D eigenvalue weighted by molar-refractivity contribution is 0.0698. The molecule has 2 aromatic rings. The highest BCUT2D eigenvalue weighted by atomic mass is 32.2. The molecule has 9 heteroatoms. The third-order valence-electron chi connectivity index (χ3n) is 5.43. The molecule has 1 heterocycles. The molecule has 1 fully saturated rings. The number of piperazine rings is 1. The van der Waals surface area contributed by atoms with E-state index >= 15 is 0 Å². The number of carbonyl (C=O) groups is 2. The Morgan fingerprint density at radius 2 is 1.62 bits per heavy atom. The second-order valence-electron chi connectivity index (χ2n) is 8.28. The molecule has 2 N–H and O–H groups in total. The molecule has 1 aliphatic rings. The first-order valence-electron chi connectivity index (χ1n) is 10.6. The van der Waals surface area contributed by atoms with Crippen LogP contribution < -0.4 is 10.6 Å². The maximum Gasteiger partial charge on any atom is 0.319 e. The molecule has 0 bridgehead atoms. The fourth-order valence-corrected chi connectivity index (χ4v) is 5.00. The first kappa shape index (κ1) is 23.7. The van der Waals surface area contributed by atoms with E-state index in [1.165, 1.54) is 4.31 Å². The summed E-state index contributed by atoms with van der Waals surface area (Å²) in [6, 6.07) is 11.5. The number of sulfonamides is 1. The van der Waals surface area contributed by atoms with Crippen LogP contribution in [0.25, 0.3) is 0 Å². The number of amides is 3. The summed E-state index contributed by atoms with van der Waals surface area (Å²) in [6.45, 7) is 8.62. The van der Waals surface area contributed by atoms with Crippen LogP contribution in [0.4, 0.5) is 10.5 Å². The summed E-state index contributed by atoms with van der Waals surface area (Å²) in [5.41, 5.74) is 2.93. The van der Waals surface area contributed by atoms with Gasteiger partial charge in [0.05, 0.1) is 4.90 Å². The molecule has 32 heavy (non-hydrogen) atoms. The second-order valence-corrected chi connectivity index (χ2v) is 10.2. The Bertz CT molecular complexity index is 1110. The summed E-state index contributed by atoms with van der Waals surface area (Å²) in [4.78, 5) is 26.8. The summed E-state index contributed by atoms with van der Waals surface area (Å²) >= 11 is 0. The van der Waals surface area contributed by atoms with Crippen molar-refractivity contribution in [2.24, 2.45) is 0 Å². The lowest BCUT2D eigenvalue weighted by atomic mass is 10.1. The number of carbonyl (C=O) groups excluding carboxylic acids is 2. The molecule has 0 aromatic heterocycles. The van der Waals surface area contributed by atoms with Gasteiger partial charge in [0.2, 0.25) is 10.0 Å². The van der Waals surface area contributed by atoms with Crippen molar-refractivity contribution in [1.82, 2.24) is 14.5 Å². The van der Waals surface area contributed by atoms with Gasteiger partial charge >= 0.3 is 6.03 Å². The standard InChI is InChI=1S/C23H30N4O4S/c1-16(2)24-23(29)25-20-7-5-6-19(15-20)22(28)26-10-12-27(13-11-26)32(30,31)21-9-8-17(3)18(4)14-21/h5-9,14-16H,10-13H2,1-4H3,(H2,24,25,29). The molecule has 0 unspecified atom stereocenters. The highest BCUT2D eigenvalue weighted by Gasteiger charge is 2.30. The molecule has 3 amide bonds. The van der Waals surface area contributed by atoms with Gasteiger partial charge in [0.25, 0.3) is 5.91 Å². The van der Waals surface area contributed by atoms with Crippen LogP contribution in [0, 0.1) is 13.8 Å². The van der Waals surface area contributed by atoms with Crippen molar-refractivity contribution in [3.05, 3.63) is 59.2 Å². The maximum atomic E-state index is 13.0. The SMILES string of the molecule is Cc1ccc(S(=O)(=O)N2CCN(C(=O)c3cccc(NC(=O)NC(C)C)c3)CC2)cc1C. The quantitative estimate of drug-likeness (QED) is 0.720. The van der Waals surface area contributed by atoms with Gasteiger partial charge in [0, 0.05) is 43.5 Å². The fraction of sp³-hybridized carbons (Fsp3) is 0.391. The molecule has 8 nitrogen and oxygen atoms in total. The molecule has 0 aliphatic carbocycles. The smallest absolute Gasteiger partial charge is 0.319 e. The zero-order valence-corrected chi connectivity index (χ0v) is 19.7. The summed E-state index contributed by atoms with van der Waals surface area (Å²) in [5.74, 6) is -0.193. The van der Waals surface area contributed by atoms with Gasteiger partial charge in [-0.15, -0.1) is 0 Å². The highest BCUT2D eigenvalue weighted by Crippen LogP contribution is 2.21. The zero-order valence-electron chi connectivity index (χ0n) is 18.9. The Morgan fingerprint density at radius 1 is 0.938 bits per heavy atom.